The fourth-order valence-corrected chi connectivity index (χ4v) is 2.67. The van der Waals surface area contributed by atoms with Crippen LogP contribution >= 0.6 is 15.9 Å². The van der Waals surface area contributed by atoms with Gasteiger partial charge in [0.15, 0.2) is 0 Å². The van der Waals surface area contributed by atoms with Gasteiger partial charge in [0.1, 0.15) is 16.5 Å². The van der Waals surface area contributed by atoms with E-state index in [1.165, 1.54) is 30.3 Å². The predicted octanol–water partition coefficient (Wildman–Crippen LogP) is 2.37. The summed E-state index contributed by atoms with van der Waals surface area (Å²) in [6.07, 6.45) is 1.11. The Hall–Kier alpha value is -1.67. The van der Waals surface area contributed by atoms with Gasteiger partial charge < -0.3 is 5.73 Å². The van der Waals surface area contributed by atoms with Crippen LogP contribution in [0, 0.1) is 5.82 Å². The van der Waals surface area contributed by atoms with Crippen molar-refractivity contribution in [2.45, 2.75) is 4.90 Å². The van der Waals surface area contributed by atoms with E-state index in [0.717, 1.165) is 6.20 Å². The van der Waals surface area contributed by atoms with Gasteiger partial charge >= 0.3 is 0 Å². The van der Waals surface area contributed by atoms with Gasteiger partial charge in [-0.1, -0.05) is 15.9 Å². The van der Waals surface area contributed by atoms with Gasteiger partial charge in [0.05, 0.1) is 5.69 Å². The summed E-state index contributed by atoms with van der Waals surface area (Å²) in [5.41, 5.74) is 5.23. The first-order valence-electron chi connectivity index (χ1n) is 5.08. The molecule has 1 heterocycles. The summed E-state index contributed by atoms with van der Waals surface area (Å²) in [7, 11) is -3.89. The van der Waals surface area contributed by atoms with Crippen molar-refractivity contribution in [1.82, 2.24) is 4.98 Å². The van der Waals surface area contributed by atoms with E-state index in [0.29, 0.717) is 4.47 Å². The van der Waals surface area contributed by atoms with Crippen LogP contribution in [0.5, 0.6) is 0 Å². The lowest BCUT2D eigenvalue weighted by atomic mass is 10.3. The molecule has 2 rings (SSSR count). The van der Waals surface area contributed by atoms with Gasteiger partial charge in [-0.15, -0.1) is 0 Å². The Bertz CT molecular complexity index is 704. The van der Waals surface area contributed by atoms with Crippen LogP contribution in [-0.4, -0.2) is 13.4 Å². The van der Waals surface area contributed by atoms with E-state index in [1.807, 2.05) is 0 Å². The highest BCUT2D eigenvalue weighted by molar-refractivity contribution is 9.10. The molecule has 8 heteroatoms. The lowest BCUT2D eigenvalue weighted by molar-refractivity contribution is 0.598. The SMILES string of the molecule is Nc1ccc(S(=O)(=O)Nc2ccc(Br)cc2F)cn1. The molecule has 1 aromatic carbocycles. The highest BCUT2D eigenvalue weighted by Gasteiger charge is 2.16. The molecule has 1 aromatic heterocycles. The van der Waals surface area contributed by atoms with Crippen LogP contribution in [0.1, 0.15) is 0 Å². The van der Waals surface area contributed by atoms with Crippen molar-refractivity contribution in [1.29, 1.82) is 0 Å². The van der Waals surface area contributed by atoms with Crippen molar-refractivity contribution in [3.8, 4) is 0 Å². The van der Waals surface area contributed by atoms with Crippen LogP contribution in [-0.2, 0) is 10.0 Å². The van der Waals surface area contributed by atoms with Crippen molar-refractivity contribution in [2.75, 3.05) is 10.5 Å². The van der Waals surface area contributed by atoms with Crippen molar-refractivity contribution in [3.63, 3.8) is 0 Å². The van der Waals surface area contributed by atoms with Gasteiger partial charge in [-0.2, -0.15) is 0 Å². The minimum Gasteiger partial charge on any atom is -0.384 e. The summed E-state index contributed by atoms with van der Waals surface area (Å²) in [5.74, 6) is -0.477. The normalized spacial score (nSPS) is 11.3. The molecule has 0 saturated heterocycles. The first kappa shape index (κ1) is 13.8. The van der Waals surface area contributed by atoms with Crippen molar-refractivity contribution in [2.24, 2.45) is 0 Å². The molecule has 19 heavy (non-hydrogen) atoms. The van der Waals surface area contributed by atoms with Gasteiger partial charge in [-0.05, 0) is 30.3 Å². The smallest absolute Gasteiger partial charge is 0.263 e. The monoisotopic (exact) mass is 345 g/mol. The summed E-state index contributed by atoms with van der Waals surface area (Å²) in [4.78, 5) is 3.59. The topological polar surface area (TPSA) is 85.1 Å². The third-order valence-corrected chi connectivity index (χ3v) is 4.09. The molecule has 3 N–H and O–H groups in total. The molecule has 0 radical (unpaired) electrons. The maximum atomic E-state index is 13.6. The van der Waals surface area contributed by atoms with E-state index in [2.05, 4.69) is 25.6 Å². The summed E-state index contributed by atoms with van der Waals surface area (Å²) < 4.78 is 40.2. The molecular formula is C11H9BrFN3O2S. The highest BCUT2D eigenvalue weighted by atomic mass is 79.9. The fraction of sp³-hybridized carbons (Fsp3) is 0. The summed E-state index contributed by atoms with van der Waals surface area (Å²) in [6, 6.07) is 6.66. The Labute approximate surface area is 117 Å². The molecule has 0 amide bonds. The van der Waals surface area contributed by atoms with E-state index < -0.39 is 15.8 Å². The highest BCUT2D eigenvalue weighted by Crippen LogP contribution is 2.22. The summed E-state index contributed by atoms with van der Waals surface area (Å²) in [5, 5.41) is 0. The molecule has 2 aromatic rings. The molecule has 5 nitrogen and oxygen atoms in total. The van der Waals surface area contributed by atoms with Gasteiger partial charge in [-0.25, -0.2) is 17.8 Å². The number of hydrogen-bond acceptors (Lipinski definition) is 4. The Balaban J connectivity index is 2.33. The number of pyridine rings is 1. The molecule has 0 aliphatic carbocycles. The number of aromatic nitrogens is 1. The number of halogens is 2. The van der Waals surface area contributed by atoms with E-state index in [1.54, 1.807) is 0 Å². The minimum absolute atomic E-state index is 0.0935. The molecule has 0 aliphatic heterocycles. The Morgan fingerprint density at radius 3 is 2.58 bits per heavy atom. The number of nitrogens with one attached hydrogen (secondary N) is 1. The zero-order chi connectivity index (χ0) is 14.0. The molecule has 0 bridgehead atoms. The van der Waals surface area contributed by atoms with Crippen molar-refractivity contribution < 1.29 is 12.8 Å². The molecule has 0 fully saturated rings. The molecule has 0 unspecified atom stereocenters. The predicted molar refractivity (Wildman–Crippen MR) is 73.6 cm³/mol. The van der Waals surface area contributed by atoms with Crippen molar-refractivity contribution in [3.05, 3.63) is 46.8 Å². The second-order valence-electron chi connectivity index (χ2n) is 3.65. The number of anilines is 2. The summed E-state index contributed by atoms with van der Waals surface area (Å²) >= 11 is 3.09. The first-order valence-corrected chi connectivity index (χ1v) is 7.35. The zero-order valence-corrected chi connectivity index (χ0v) is 11.9. The molecule has 0 aliphatic rings. The van der Waals surface area contributed by atoms with Crippen LogP contribution < -0.4 is 10.5 Å². The van der Waals surface area contributed by atoms with Crippen LogP contribution in [0.3, 0.4) is 0 Å². The number of hydrogen-bond donors (Lipinski definition) is 2. The Morgan fingerprint density at radius 1 is 1.26 bits per heavy atom. The van der Waals surface area contributed by atoms with Gasteiger partial charge in [0.25, 0.3) is 10.0 Å². The van der Waals surface area contributed by atoms with Crippen LogP contribution in [0.2, 0.25) is 0 Å². The minimum atomic E-state index is -3.89. The van der Waals surface area contributed by atoms with E-state index in [4.69, 9.17) is 5.73 Å². The van der Waals surface area contributed by atoms with Crippen LogP contribution in [0.15, 0.2) is 45.9 Å². The second-order valence-corrected chi connectivity index (χ2v) is 6.25. The van der Waals surface area contributed by atoms with Gasteiger partial charge in [0.2, 0.25) is 0 Å². The third kappa shape index (κ3) is 3.21. The van der Waals surface area contributed by atoms with Gasteiger partial charge in [0, 0.05) is 10.7 Å². The van der Waals surface area contributed by atoms with Crippen molar-refractivity contribution >= 4 is 37.5 Å². The average molecular weight is 346 g/mol. The van der Waals surface area contributed by atoms with Crippen LogP contribution in [0.4, 0.5) is 15.9 Å². The van der Waals surface area contributed by atoms with E-state index >= 15 is 0 Å². The molecular weight excluding hydrogens is 337 g/mol. The van der Waals surface area contributed by atoms with E-state index in [9.17, 15) is 12.8 Å². The maximum Gasteiger partial charge on any atom is 0.263 e. The number of benzene rings is 1. The largest absolute Gasteiger partial charge is 0.384 e. The Kier molecular flexibility index (Phi) is 3.72. The Morgan fingerprint density at radius 2 is 2.00 bits per heavy atom. The van der Waals surface area contributed by atoms with Crippen LogP contribution in [0.25, 0.3) is 0 Å². The molecule has 0 atom stereocenters. The first-order chi connectivity index (χ1) is 8.88. The number of sulfonamides is 1. The number of nitrogens with zero attached hydrogens (tertiary/aromatic N) is 1. The number of nitrogen functional groups attached to an aromatic ring is 1. The zero-order valence-electron chi connectivity index (χ0n) is 9.47. The quantitative estimate of drug-likeness (QED) is 0.894. The molecule has 100 valence electrons. The molecule has 0 saturated carbocycles. The fourth-order valence-electron chi connectivity index (χ4n) is 1.33. The lowest BCUT2D eigenvalue weighted by Crippen LogP contribution is -2.14. The third-order valence-electron chi connectivity index (χ3n) is 2.24. The molecule has 0 spiro atoms. The number of nitrogens with two attached hydrogens (primary N) is 1. The lowest BCUT2D eigenvalue weighted by Gasteiger charge is -2.09. The van der Waals surface area contributed by atoms with Gasteiger partial charge in [-0.3, -0.25) is 4.72 Å². The summed E-state index contributed by atoms with van der Waals surface area (Å²) in [6.45, 7) is 0. The van der Waals surface area contributed by atoms with E-state index in [-0.39, 0.29) is 16.4 Å². The number of rotatable bonds is 3. The second kappa shape index (κ2) is 5.14. The standard InChI is InChI=1S/C11H9BrFN3O2S/c12-7-1-3-10(9(13)5-7)16-19(17,18)8-2-4-11(14)15-6-8/h1-6,16H,(H2,14,15). The average Bonchev–Trinajstić information content (AvgIpc) is 2.33. The maximum absolute atomic E-state index is 13.6.